The van der Waals surface area contributed by atoms with Gasteiger partial charge in [0.25, 0.3) is 0 Å². The van der Waals surface area contributed by atoms with Gasteiger partial charge in [-0.25, -0.2) is 14.3 Å². The van der Waals surface area contributed by atoms with Crippen LogP contribution in [0.15, 0.2) is 18.3 Å². The molecule has 3 heterocycles. The van der Waals surface area contributed by atoms with Crippen molar-refractivity contribution in [3.8, 4) is 0 Å². The predicted molar refractivity (Wildman–Crippen MR) is 102 cm³/mol. The summed E-state index contributed by atoms with van der Waals surface area (Å²) in [6, 6.07) is 3.86. The van der Waals surface area contributed by atoms with Crippen LogP contribution in [0.25, 0.3) is 11.0 Å². The number of hydrogen-bond acceptors (Lipinski definition) is 5. The van der Waals surface area contributed by atoms with Crippen molar-refractivity contribution in [2.45, 2.75) is 72.2 Å². The highest BCUT2D eigenvalue weighted by Gasteiger charge is 2.52. The van der Waals surface area contributed by atoms with Crippen molar-refractivity contribution in [3.05, 3.63) is 24.0 Å². The van der Waals surface area contributed by atoms with Gasteiger partial charge < -0.3 is 14.0 Å². The predicted octanol–water partition coefficient (Wildman–Crippen LogP) is 3.43. The summed E-state index contributed by atoms with van der Waals surface area (Å²) in [6.07, 6.45) is 1.25. The number of fused-ring (bicyclic) bond motifs is 1. The molecule has 1 aliphatic heterocycles. The number of aromatic nitrogens is 2. The molecule has 0 amide bonds. The van der Waals surface area contributed by atoms with E-state index in [9.17, 15) is 4.79 Å². The third-order valence-electron chi connectivity index (χ3n) is 4.92. The Labute approximate surface area is 155 Å². The maximum Gasteiger partial charge on any atom is 0.497 e. The quantitative estimate of drug-likeness (QED) is 0.731. The van der Waals surface area contributed by atoms with Crippen molar-refractivity contribution in [1.82, 2.24) is 9.55 Å². The topological polar surface area (TPSA) is 62.6 Å². The van der Waals surface area contributed by atoms with Crippen molar-refractivity contribution in [3.63, 3.8) is 0 Å². The Morgan fingerprint density at radius 2 is 1.73 bits per heavy atom. The molecule has 0 saturated carbocycles. The molecule has 0 N–H and O–H groups in total. The molecule has 2 aromatic heterocycles. The van der Waals surface area contributed by atoms with Gasteiger partial charge in [0.2, 0.25) is 0 Å². The number of nitrogens with zero attached hydrogens (tertiary/aromatic N) is 2. The largest absolute Gasteiger partial charge is 0.497 e. The van der Waals surface area contributed by atoms with E-state index in [1.807, 2.05) is 67.5 Å². The lowest BCUT2D eigenvalue weighted by atomic mass is 9.79. The van der Waals surface area contributed by atoms with Crippen LogP contribution in [0.2, 0.25) is 0 Å². The lowest BCUT2D eigenvalue weighted by molar-refractivity contribution is 0.00578. The summed E-state index contributed by atoms with van der Waals surface area (Å²) in [7, 11) is -0.573. The fourth-order valence-corrected chi connectivity index (χ4v) is 2.83. The summed E-state index contributed by atoms with van der Waals surface area (Å²) >= 11 is 0. The maximum atomic E-state index is 12.7. The second-order valence-electron chi connectivity index (χ2n) is 8.85. The molecule has 0 aliphatic carbocycles. The Morgan fingerprint density at radius 1 is 1.15 bits per heavy atom. The van der Waals surface area contributed by atoms with Crippen molar-refractivity contribution in [1.29, 1.82) is 0 Å². The molecule has 1 saturated heterocycles. The molecule has 140 valence electrons. The van der Waals surface area contributed by atoms with Crippen LogP contribution in [0, 0.1) is 6.92 Å². The maximum absolute atomic E-state index is 12.7. The average molecular weight is 358 g/mol. The molecule has 0 spiro atoms. The highest BCUT2D eigenvalue weighted by atomic mass is 16.7. The Hall–Kier alpha value is -1.86. The molecule has 6 nitrogen and oxygen atoms in total. The minimum Gasteiger partial charge on any atom is -0.443 e. The number of aryl methyl sites for hydroxylation is 1. The molecule has 0 bridgehead atoms. The van der Waals surface area contributed by atoms with Crippen LogP contribution in [-0.2, 0) is 14.0 Å². The van der Waals surface area contributed by atoms with Gasteiger partial charge in [0.1, 0.15) is 11.2 Å². The van der Waals surface area contributed by atoms with Crippen molar-refractivity contribution < 1.29 is 18.8 Å². The summed E-state index contributed by atoms with van der Waals surface area (Å²) in [4.78, 5) is 17.2. The molecule has 7 heteroatoms. The molecule has 0 aromatic carbocycles. The van der Waals surface area contributed by atoms with Gasteiger partial charge in [-0.15, -0.1) is 0 Å². The highest BCUT2D eigenvalue weighted by molar-refractivity contribution is 6.65. The molecule has 26 heavy (non-hydrogen) atoms. The zero-order valence-electron chi connectivity index (χ0n) is 16.8. The summed E-state index contributed by atoms with van der Waals surface area (Å²) < 4.78 is 19.3. The van der Waals surface area contributed by atoms with E-state index in [2.05, 4.69) is 4.98 Å². The molecular weight excluding hydrogens is 331 g/mol. The van der Waals surface area contributed by atoms with Gasteiger partial charge in [0.05, 0.1) is 11.2 Å². The summed E-state index contributed by atoms with van der Waals surface area (Å²) in [5.74, 6) is 0. The SMILES string of the molecule is Cc1ccc2c(B3OC(C)(C)C(C)(C)O3)cn(C(=O)OC(C)(C)C)c2n1. The number of ether oxygens (including phenoxy) is 1. The van der Waals surface area contributed by atoms with Gasteiger partial charge in [-0.2, -0.15) is 0 Å². The first-order valence-electron chi connectivity index (χ1n) is 8.88. The summed E-state index contributed by atoms with van der Waals surface area (Å²) in [5.41, 5.74) is 0.621. The summed E-state index contributed by atoms with van der Waals surface area (Å²) in [5, 5.41) is 0.819. The average Bonchev–Trinajstić information content (AvgIpc) is 2.91. The standard InChI is InChI=1S/C19H27BN2O4/c1-12-9-10-13-14(20-25-18(5,6)19(7,8)26-20)11-22(15(13)21-12)16(23)24-17(2,3)4/h9-11H,1-8H3. The van der Waals surface area contributed by atoms with E-state index in [1.54, 1.807) is 6.20 Å². The molecule has 2 aromatic rings. The minimum absolute atomic E-state index is 0.462. The number of pyridine rings is 1. The van der Waals surface area contributed by atoms with Crippen LogP contribution >= 0.6 is 0 Å². The molecule has 3 rings (SSSR count). The van der Waals surface area contributed by atoms with E-state index in [-0.39, 0.29) is 0 Å². The normalized spacial score (nSPS) is 19.2. The molecular formula is C19H27BN2O4. The number of rotatable bonds is 1. The van der Waals surface area contributed by atoms with Crippen molar-refractivity contribution >= 4 is 29.7 Å². The fraction of sp³-hybridized carbons (Fsp3) is 0.579. The Kier molecular flexibility index (Phi) is 4.24. The molecule has 0 radical (unpaired) electrons. The van der Waals surface area contributed by atoms with Crippen molar-refractivity contribution in [2.24, 2.45) is 0 Å². The van der Waals surface area contributed by atoms with Crippen LogP contribution in [-0.4, -0.2) is 39.6 Å². The zero-order valence-corrected chi connectivity index (χ0v) is 16.8. The van der Waals surface area contributed by atoms with Gasteiger partial charge in [-0.1, -0.05) is 0 Å². The van der Waals surface area contributed by atoms with Crippen molar-refractivity contribution in [2.75, 3.05) is 0 Å². The Morgan fingerprint density at radius 3 is 2.27 bits per heavy atom. The van der Waals surface area contributed by atoms with Crippen LogP contribution in [0.5, 0.6) is 0 Å². The first kappa shape index (κ1) is 18.9. The molecule has 0 atom stereocenters. The smallest absolute Gasteiger partial charge is 0.443 e. The van der Waals surface area contributed by atoms with Crippen LogP contribution in [0.3, 0.4) is 0 Å². The van der Waals surface area contributed by atoms with Gasteiger partial charge in [0, 0.05) is 22.7 Å². The van der Waals surface area contributed by atoms with Gasteiger partial charge >= 0.3 is 13.2 Å². The van der Waals surface area contributed by atoms with E-state index in [0.717, 1.165) is 16.5 Å². The highest BCUT2D eigenvalue weighted by Crippen LogP contribution is 2.37. The van der Waals surface area contributed by atoms with Gasteiger partial charge in [-0.3, -0.25) is 0 Å². The van der Waals surface area contributed by atoms with E-state index in [1.165, 1.54) is 4.57 Å². The molecule has 1 aliphatic rings. The van der Waals surface area contributed by atoms with Gasteiger partial charge in [0.15, 0.2) is 0 Å². The van der Waals surface area contributed by atoms with E-state index in [4.69, 9.17) is 14.0 Å². The van der Waals surface area contributed by atoms with Gasteiger partial charge in [-0.05, 0) is 67.5 Å². The van der Waals surface area contributed by atoms with E-state index >= 15 is 0 Å². The van der Waals surface area contributed by atoms with E-state index in [0.29, 0.717) is 5.65 Å². The third kappa shape index (κ3) is 3.26. The van der Waals surface area contributed by atoms with E-state index < -0.39 is 30.0 Å². The van der Waals surface area contributed by atoms with Crippen LogP contribution < -0.4 is 5.46 Å². The summed E-state index contributed by atoms with van der Waals surface area (Å²) in [6.45, 7) is 15.4. The first-order chi connectivity index (χ1) is 11.8. The monoisotopic (exact) mass is 358 g/mol. The lowest BCUT2D eigenvalue weighted by Gasteiger charge is -2.32. The molecule has 1 fully saturated rings. The second-order valence-corrected chi connectivity index (χ2v) is 8.85. The number of hydrogen-bond donors (Lipinski definition) is 0. The molecule has 0 unspecified atom stereocenters. The first-order valence-corrected chi connectivity index (χ1v) is 8.88. The third-order valence-corrected chi connectivity index (χ3v) is 4.92. The lowest BCUT2D eigenvalue weighted by Crippen LogP contribution is -2.41. The Bertz CT molecular complexity index is 848. The van der Waals surface area contributed by atoms with Crippen LogP contribution in [0.1, 0.15) is 54.2 Å². The Balaban J connectivity index is 2.09. The minimum atomic E-state index is -0.595. The second kappa shape index (κ2) is 5.82. The zero-order chi connectivity index (χ0) is 19.5. The fourth-order valence-electron chi connectivity index (χ4n) is 2.83. The van der Waals surface area contributed by atoms with Crippen LogP contribution in [0.4, 0.5) is 4.79 Å². The number of carbonyl (C=O) groups excluding carboxylic acids is 1. The number of carbonyl (C=O) groups is 1.